The Balaban J connectivity index is 2.10. The predicted molar refractivity (Wildman–Crippen MR) is 78.9 cm³/mol. The highest BCUT2D eigenvalue weighted by Crippen LogP contribution is 2.42. The number of benzene rings is 1. The van der Waals surface area contributed by atoms with Crippen molar-refractivity contribution in [1.82, 2.24) is 0 Å². The minimum atomic E-state index is -0.273. The standard InChI is InChI=1S/C16H23ClFN/c1-2-12-5-7-16(11-19,8-6-12)10-13-3-4-14(18)9-15(13)17/h3-4,9,12H,2,5-8,10-11,19H2,1H3. The summed E-state index contributed by atoms with van der Waals surface area (Å²) in [5.74, 6) is 0.577. The molecule has 0 spiro atoms. The van der Waals surface area contributed by atoms with Crippen molar-refractivity contribution in [2.75, 3.05) is 6.54 Å². The first-order valence-corrected chi connectivity index (χ1v) is 7.60. The predicted octanol–water partition coefficient (Wildman–Crippen LogP) is 4.57. The Morgan fingerprint density at radius 3 is 2.58 bits per heavy atom. The minimum absolute atomic E-state index is 0.160. The Bertz CT molecular complexity index is 425. The second-order valence-corrected chi connectivity index (χ2v) is 6.38. The van der Waals surface area contributed by atoms with E-state index in [9.17, 15) is 4.39 Å². The third-order valence-corrected chi connectivity index (χ3v) is 5.11. The molecule has 1 nitrogen and oxygen atoms in total. The lowest BCUT2D eigenvalue weighted by molar-refractivity contribution is 0.153. The molecule has 0 saturated heterocycles. The molecular formula is C16H23ClFN. The molecule has 1 saturated carbocycles. The fraction of sp³-hybridized carbons (Fsp3) is 0.625. The molecule has 0 aliphatic heterocycles. The number of hydrogen-bond acceptors (Lipinski definition) is 1. The van der Waals surface area contributed by atoms with Gasteiger partial charge in [0.1, 0.15) is 5.82 Å². The summed E-state index contributed by atoms with van der Waals surface area (Å²) in [5, 5.41) is 0.533. The van der Waals surface area contributed by atoms with Crippen LogP contribution >= 0.6 is 11.6 Å². The molecule has 2 N–H and O–H groups in total. The second-order valence-electron chi connectivity index (χ2n) is 5.97. The Morgan fingerprint density at radius 2 is 2.05 bits per heavy atom. The molecule has 19 heavy (non-hydrogen) atoms. The Morgan fingerprint density at radius 1 is 1.37 bits per heavy atom. The van der Waals surface area contributed by atoms with Gasteiger partial charge in [-0.05, 0) is 67.7 Å². The topological polar surface area (TPSA) is 26.0 Å². The number of hydrogen-bond donors (Lipinski definition) is 1. The second kappa shape index (κ2) is 6.23. The zero-order valence-corrected chi connectivity index (χ0v) is 12.3. The van der Waals surface area contributed by atoms with Gasteiger partial charge in [0.25, 0.3) is 0 Å². The quantitative estimate of drug-likeness (QED) is 0.861. The van der Waals surface area contributed by atoms with Crippen molar-refractivity contribution in [2.45, 2.75) is 45.4 Å². The smallest absolute Gasteiger partial charge is 0.124 e. The molecule has 0 atom stereocenters. The van der Waals surface area contributed by atoms with E-state index in [1.807, 2.05) is 0 Å². The summed E-state index contributed by atoms with van der Waals surface area (Å²) in [6.45, 7) is 2.95. The number of halogens is 2. The first kappa shape index (κ1) is 14.8. The van der Waals surface area contributed by atoms with E-state index in [-0.39, 0.29) is 11.2 Å². The van der Waals surface area contributed by atoms with Crippen LogP contribution in [0.1, 0.15) is 44.6 Å². The van der Waals surface area contributed by atoms with Crippen molar-refractivity contribution in [3.63, 3.8) is 0 Å². The van der Waals surface area contributed by atoms with Crippen LogP contribution < -0.4 is 5.73 Å². The normalized spacial score (nSPS) is 27.5. The molecule has 0 aromatic heterocycles. The van der Waals surface area contributed by atoms with Crippen LogP contribution in [0, 0.1) is 17.2 Å². The molecule has 1 aliphatic carbocycles. The number of rotatable bonds is 4. The van der Waals surface area contributed by atoms with Gasteiger partial charge in [0.05, 0.1) is 0 Å². The van der Waals surface area contributed by atoms with Crippen LogP contribution in [0.4, 0.5) is 4.39 Å². The van der Waals surface area contributed by atoms with Gasteiger partial charge in [-0.25, -0.2) is 4.39 Å². The first-order chi connectivity index (χ1) is 9.08. The van der Waals surface area contributed by atoms with Gasteiger partial charge in [-0.3, -0.25) is 0 Å². The molecule has 0 unspecified atom stereocenters. The molecule has 0 bridgehead atoms. The van der Waals surface area contributed by atoms with E-state index in [2.05, 4.69) is 6.92 Å². The van der Waals surface area contributed by atoms with Gasteiger partial charge < -0.3 is 5.73 Å². The monoisotopic (exact) mass is 283 g/mol. The Hall–Kier alpha value is -0.600. The van der Waals surface area contributed by atoms with Gasteiger partial charge in [-0.1, -0.05) is 31.0 Å². The van der Waals surface area contributed by atoms with Gasteiger partial charge in [0.15, 0.2) is 0 Å². The number of nitrogens with two attached hydrogens (primary N) is 1. The fourth-order valence-corrected chi connectivity index (χ4v) is 3.45. The highest BCUT2D eigenvalue weighted by Gasteiger charge is 2.34. The van der Waals surface area contributed by atoms with E-state index in [0.717, 1.165) is 30.7 Å². The maximum absolute atomic E-state index is 13.1. The van der Waals surface area contributed by atoms with Gasteiger partial charge in [-0.15, -0.1) is 0 Å². The van der Waals surface area contributed by atoms with Crippen molar-refractivity contribution in [1.29, 1.82) is 0 Å². The van der Waals surface area contributed by atoms with Crippen LogP contribution in [0.25, 0.3) is 0 Å². The van der Waals surface area contributed by atoms with Crippen molar-refractivity contribution in [2.24, 2.45) is 17.1 Å². The zero-order chi connectivity index (χ0) is 13.9. The average Bonchev–Trinajstić information content (AvgIpc) is 2.43. The van der Waals surface area contributed by atoms with E-state index >= 15 is 0 Å². The highest BCUT2D eigenvalue weighted by atomic mass is 35.5. The molecule has 1 aromatic rings. The zero-order valence-electron chi connectivity index (χ0n) is 11.6. The fourth-order valence-electron chi connectivity index (χ4n) is 3.22. The summed E-state index contributed by atoms with van der Waals surface area (Å²) in [4.78, 5) is 0. The van der Waals surface area contributed by atoms with Crippen LogP contribution in [0.5, 0.6) is 0 Å². The molecule has 1 aliphatic rings. The maximum atomic E-state index is 13.1. The molecule has 1 aromatic carbocycles. The van der Waals surface area contributed by atoms with Gasteiger partial charge in [0, 0.05) is 5.02 Å². The van der Waals surface area contributed by atoms with Crippen molar-refractivity contribution >= 4 is 11.6 Å². The highest BCUT2D eigenvalue weighted by molar-refractivity contribution is 6.31. The van der Waals surface area contributed by atoms with Crippen LogP contribution in [0.15, 0.2) is 18.2 Å². The molecule has 3 heteroatoms. The molecule has 106 valence electrons. The third-order valence-electron chi connectivity index (χ3n) is 4.76. The largest absolute Gasteiger partial charge is 0.330 e. The lowest BCUT2D eigenvalue weighted by Gasteiger charge is -2.39. The SMILES string of the molecule is CCC1CCC(CN)(Cc2ccc(F)cc2Cl)CC1. The summed E-state index contributed by atoms with van der Waals surface area (Å²) in [5.41, 5.74) is 7.23. The first-order valence-electron chi connectivity index (χ1n) is 7.22. The molecule has 2 rings (SSSR count). The lowest BCUT2D eigenvalue weighted by Crippen LogP contribution is -2.36. The van der Waals surface area contributed by atoms with E-state index in [1.165, 1.54) is 31.4 Å². The summed E-state index contributed by atoms with van der Waals surface area (Å²) >= 11 is 6.14. The van der Waals surface area contributed by atoms with E-state index in [0.29, 0.717) is 11.6 Å². The van der Waals surface area contributed by atoms with Gasteiger partial charge in [0.2, 0.25) is 0 Å². The summed E-state index contributed by atoms with van der Waals surface area (Å²) in [7, 11) is 0. The minimum Gasteiger partial charge on any atom is -0.330 e. The van der Waals surface area contributed by atoms with Crippen LogP contribution in [-0.2, 0) is 6.42 Å². The van der Waals surface area contributed by atoms with E-state index < -0.39 is 0 Å². The van der Waals surface area contributed by atoms with Gasteiger partial charge >= 0.3 is 0 Å². The lowest BCUT2D eigenvalue weighted by atomic mass is 9.67. The third kappa shape index (κ3) is 3.49. The van der Waals surface area contributed by atoms with E-state index in [1.54, 1.807) is 6.07 Å². The Labute approximate surface area is 120 Å². The molecule has 1 fully saturated rings. The van der Waals surface area contributed by atoms with Gasteiger partial charge in [-0.2, -0.15) is 0 Å². The van der Waals surface area contributed by atoms with Crippen LogP contribution in [0.3, 0.4) is 0 Å². The Kier molecular flexibility index (Phi) is 4.86. The molecule has 0 amide bonds. The molecule has 0 heterocycles. The van der Waals surface area contributed by atoms with Crippen molar-refractivity contribution < 1.29 is 4.39 Å². The average molecular weight is 284 g/mol. The van der Waals surface area contributed by atoms with E-state index in [4.69, 9.17) is 17.3 Å². The molecule has 0 radical (unpaired) electrons. The summed E-state index contributed by atoms with van der Waals surface area (Å²) in [6.07, 6.45) is 6.97. The summed E-state index contributed by atoms with van der Waals surface area (Å²) in [6, 6.07) is 4.70. The maximum Gasteiger partial charge on any atom is 0.124 e. The van der Waals surface area contributed by atoms with Crippen molar-refractivity contribution in [3.05, 3.63) is 34.6 Å². The summed E-state index contributed by atoms with van der Waals surface area (Å²) < 4.78 is 13.1. The van der Waals surface area contributed by atoms with Crippen molar-refractivity contribution in [3.8, 4) is 0 Å². The van der Waals surface area contributed by atoms with Crippen LogP contribution in [0.2, 0.25) is 5.02 Å². The van der Waals surface area contributed by atoms with Crippen LogP contribution in [-0.4, -0.2) is 6.54 Å². The molecular weight excluding hydrogens is 261 g/mol.